The van der Waals surface area contributed by atoms with E-state index in [1.807, 2.05) is 12.1 Å². The molecule has 0 atom stereocenters. The van der Waals surface area contributed by atoms with Gasteiger partial charge in [-0.2, -0.15) is 0 Å². The number of rotatable bonds is 2. The molecule has 6 nitrogen and oxygen atoms in total. The highest BCUT2D eigenvalue weighted by Crippen LogP contribution is 2.29. The minimum absolute atomic E-state index is 0.0852. The SMILES string of the molecule is CN1C(=O)CCc2cc(NC(=O)c3cccn(C)c3=O)ccc21. The molecule has 0 fully saturated rings. The molecule has 3 rings (SSSR count). The molecule has 1 aliphatic heterocycles. The summed E-state index contributed by atoms with van der Waals surface area (Å²) >= 11 is 0. The lowest BCUT2D eigenvalue weighted by molar-refractivity contribution is -0.118. The second-order valence-corrected chi connectivity index (χ2v) is 5.59. The summed E-state index contributed by atoms with van der Waals surface area (Å²) in [5.74, 6) is -0.353. The van der Waals surface area contributed by atoms with Crippen LogP contribution in [0.2, 0.25) is 0 Å². The average Bonchev–Trinajstić information content (AvgIpc) is 2.53. The van der Waals surface area contributed by atoms with Gasteiger partial charge in [0.05, 0.1) is 0 Å². The molecule has 0 unspecified atom stereocenters. The number of carbonyl (C=O) groups is 2. The Labute approximate surface area is 133 Å². The first kappa shape index (κ1) is 15.0. The largest absolute Gasteiger partial charge is 0.322 e. The van der Waals surface area contributed by atoms with Gasteiger partial charge in [0.25, 0.3) is 11.5 Å². The van der Waals surface area contributed by atoms with E-state index in [2.05, 4.69) is 5.32 Å². The summed E-state index contributed by atoms with van der Waals surface area (Å²) in [4.78, 5) is 37.6. The Hall–Kier alpha value is -2.89. The number of carbonyl (C=O) groups excluding carboxylic acids is 2. The first-order valence-corrected chi connectivity index (χ1v) is 7.34. The molecule has 0 bridgehead atoms. The lowest BCUT2D eigenvalue weighted by Gasteiger charge is -2.26. The fourth-order valence-corrected chi connectivity index (χ4v) is 2.70. The summed E-state index contributed by atoms with van der Waals surface area (Å²) in [6, 6.07) is 8.56. The van der Waals surface area contributed by atoms with Crippen molar-refractivity contribution in [1.29, 1.82) is 0 Å². The quantitative estimate of drug-likeness (QED) is 0.914. The van der Waals surface area contributed by atoms with Crippen molar-refractivity contribution in [2.45, 2.75) is 12.8 Å². The van der Waals surface area contributed by atoms with Crippen LogP contribution in [-0.2, 0) is 18.3 Å². The average molecular weight is 311 g/mol. The maximum absolute atomic E-state index is 12.3. The fourth-order valence-electron chi connectivity index (χ4n) is 2.70. The molecule has 1 aromatic heterocycles. The smallest absolute Gasteiger partial charge is 0.263 e. The number of aromatic nitrogens is 1. The van der Waals surface area contributed by atoms with Crippen LogP contribution < -0.4 is 15.8 Å². The number of fused-ring (bicyclic) bond motifs is 1. The zero-order valence-electron chi connectivity index (χ0n) is 13.0. The highest BCUT2D eigenvalue weighted by molar-refractivity contribution is 6.04. The molecule has 1 aromatic carbocycles. The van der Waals surface area contributed by atoms with E-state index in [9.17, 15) is 14.4 Å². The van der Waals surface area contributed by atoms with Gasteiger partial charge < -0.3 is 14.8 Å². The van der Waals surface area contributed by atoms with Crippen LogP contribution in [0.5, 0.6) is 0 Å². The van der Waals surface area contributed by atoms with E-state index < -0.39 is 5.91 Å². The van der Waals surface area contributed by atoms with Crippen LogP contribution in [0.3, 0.4) is 0 Å². The Bertz CT molecular complexity index is 854. The molecule has 2 aromatic rings. The van der Waals surface area contributed by atoms with Crippen molar-refractivity contribution in [2.24, 2.45) is 7.05 Å². The van der Waals surface area contributed by atoms with Gasteiger partial charge in [0, 0.05) is 38.1 Å². The van der Waals surface area contributed by atoms with Crippen molar-refractivity contribution in [3.63, 3.8) is 0 Å². The van der Waals surface area contributed by atoms with Gasteiger partial charge >= 0.3 is 0 Å². The van der Waals surface area contributed by atoms with Crippen molar-refractivity contribution in [2.75, 3.05) is 17.3 Å². The van der Waals surface area contributed by atoms with Crippen molar-refractivity contribution in [3.05, 3.63) is 58.0 Å². The maximum Gasteiger partial charge on any atom is 0.263 e. The molecular formula is C17H17N3O3. The summed E-state index contributed by atoms with van der Waals surface area (Å²) in [7, 11) is 3.34. The molecular weight excluding hydrogens is 294 g/mol. The number of pyridine rings is 1. The fraction of sp³-hybridized carbons (Fsp3) is 0.235. The molecule has 2 amide bonds. The Morgan fingerprint density at radius 2 is 1.91 bits per heavy atom. The van der Waals surface area contributed by atoms with Crippen LogP contribution in [0.25, 0.3) is 0 Å². The Balaban J connectivity index is 1.87. The molecule has 0 aliphatic carbocycles. The highest BCUT2D eigenvalue weighted by Gasteiger charge is 2.21. The third-order valence-corrected chi connectivity index (χ3v) is 4.05. The maximum atomic E-state index is 12.3. The first-order chi connectivity index (χ1) is 11.0. The standard InChI is InChI=1S/C17H17N3O3/c1-19-9-3-4-13(17(19)23)16(22)18-12-6-7-14-11(10-12)5-8-15(21)20(14)2/h3-4,6-7,9-10H,5,8H2,1-2H3,(H,18,22). The van der Waals surface area contributed by atoms with Crippen molar-refractivity contribution >= 4 is 23.2 Å². The molecule has 0 radical (unpaired) electrons. The normalized spacial score (nSPS) is 13.7. The number of anilines is 2. The molecule has 23 heavy (non-hydrogen) atoms. The molecule has 0 spiro atoms. The van der Waals surface area contributed by atoms with Crippen LogP contribution >= 0.6 is 0 Å². The second kappa shape index (κ2) is 5.72. The van der Waals surface area contributed by atoms with E-state index in [1.165, 1.54) is 10.6 Å². The number of aryl methyl sites for hydroxylation is 2. The molecule has 0 saturated heterocycles. The van der Waals surface area contributed by atoms with Crippen LogP contribution in [0.4, 0.5) is 11.4 Å². The van der Waals surface area contributed by atoms with Gasteiger partial charge in [0.15, 0.2) is 0 Å². The van der Waals surface area contributed by atoms with E-state index in [4.69, 9.17) is 0 Å². The topological polar surface area (TPSA) is 71.4 Å². The Morgan fingerprint density at radius 1 is 1.13 bits per heavy atom. The Morgan fingerprint density at radius 3 is 2.70 bits per heavy atom. The van der Waals surface area contributed by atoms with Crippen LogP contribution in [0, 0.1) is 0 Å². The van der Waals surface area contributed by atoms with Gasteiger partial charge in [0.1, 0.15) is 5.56 Å². The number of hydrogen-bond donors (Lipinski definition) is 1. The zero-order chi connectivity index (χ0) is 16.6. The predicted octanol–water partition coefficient (Wildman–Crippen LogP) is 1.55. The molecule has 0 saturated carbocycles. The lowest BCUT2D eigenvalue weighted by atomic mass is 10.0. The van der Waals surface area contributed by atoms with E-state index in [-0.39, 0.29) is 17.0 Å². The third kappa shape index (κ3) is 2.75. The summed E-state index contributed by atoms with van der Waals surface area (Å²) in [5, 5.41) is 2.75. The second-order valence-electron chi connectivity index (χ2n) is 5.59. The molecule has 118 valence electrons. The minimum Gasteiger partial charge on any atom is -0.322 e. The van der Waals surface area contributed by atoms with Gasteiger partial charge in [-0.05, 0) is 42.3 Å². The first-order valence-electron chi connectivity index (χ1n) is 7.34. The minimum atomic E-state index is -0.439. The van der Waals surface area contributed by atoms with Gasteiger partial charge in [-0.15, -0.1) is 0 Å². The van der Waals surface area contributed by atoms with Crippen LogP contribution in [-0.4, -0.2) is 23.4 Å². The predicted molar refractivity (Wildman–Crippen MR) is 87.8 cm³/mol. The van der Waals surface area contributed by atoms with Crippen LogP contribution in [0.15, 0.2) is 41.3 Å². The third-order valence-electron chi connectivity index (χ3n) is 4.05. The van der Waals surface area contributed by atoms with E-state index in [0.29, 0.717) is 18.5 Å². The van der Waals surface area contributed by atoms with E-state index >= 15 is 0 Å². The summed E-state index contributed by atoms with van der Waals surface area (Å²) in [6.07, 6.45) is 2.71. The van der Waals surface area contributed by atoms with E-state index in [0.717, 1.165) is 11.3 Å². The lowest BCUT2D eigenvalue weighted by Crippen LogP contribution is -2.31. The molecule has 1 aliphatic rings. The monoisotopic (exact) mass is 311 g/mol. The van der Waals surface area contributed by atoms with Crippen molar-refractivity contribution < 1.29 is 9.59 Å². The summed E-state index contributed by atoms with van der Waals surface area (Å²) in [6.45, 7) is 0. The van der Waals surface area contributed by atoms with Gasteiger partial charge in [-0.25, -0.2) is 0 Å². The number of amides is 2. The molecule has 1 N–H and O–H groups in total. The summed E-state index contributed by atoms with van der Waals surface area (Å²) in [5.41, 5.74) is 2.23. The van der Waals surface area contributed by atoms with Gasteiger partial charge in [-0.3, -0.25) is 14.4 Å². The van der Waals surface area contributed by atoms with Crippen LogP contribution in [0.1, 0.15) is 22.3 Å². The highest BCUT2D eigenvalue weighted by atomic mass is 16.2. The summed E-state index contributed by atoms with van der Waals surface area (Å²) < 4.78 is 1.36. The van der Waals surface area contributed by atoms with E-state index in [1.54, 1.807) is 37.3 Å². The number of nitrogens with one attached hydrogen (secondary N) is 1. The van der Waals surface area contributed by atoms with Gasteiger partial charge in [0.2, 0.25) is 5.91 Å². The van der Waals surface area contributed by atoms with Gasteiger partial charge in [-0.1, -0.05) is 0 Å². The number of nitrogens with zero attached hydrogens (tertiary/aromatic N) is 2. The number of hydrogen-bond acceptors (Lipinski definition) is 3. The number of benzene rings is 1. The van der Waals surface area contributed by atoms with Crippen molar-refractivity contribution in [3.8, 4) is 0 Å². The zero-order valence-corrected chi connectivity index (χ0v) is 13.0. The van der Waals surface area contributed by atoms with Crippen molar-refractivity contribution in [1.82, 2.24) is 4.57 Å². The molecule has 6 heteroatoms. The molecule has 2 heterocycles. The Kier molecular flexibility index (Phi) is 3.73.